The molecule has 0 fully saturated rings. The Kier molecular flexibility index (Phi) is 7.55. The van der Waals surface area contributed by atoms with Crippen LogP contribution in [-0.2, 0) is 4.79 Å². The summed E-state index contributed by atoms with van der Waals surface area (Å²) in [5.41, 5.74) is 4.20. The van der Waals surface area contributed by atoms with Crippen molar-refractivity contribution in [3.63, 3.8) is 0 Å². The van der Waals surface area contributed by atoms with Crippen LogP contribution in [0.25, 0.3) is 10.8 Å². The Bertz CT molecular complexity index is 1150. The number of anilines is 2. The predicted octanol–water partition coefficient (Wildman–Crippen LogP) is 5.89. The second kappa shape index (κ2) is 10.3. The number of terminal acetylenes is 1. The highest BCUT2D eigenvalue weighted by atomic mass is 32.2. The number of nitrogens with zero attached hydrogens (tertiary/aromatic N) is 1. The molecule has 0 heterocycles. The standard InChI is InChI=1S/C26H28N2O3S/c1-6-13-28(19(4)16-25(29)30)24-12-11-23(21-9-7-8-10-22(21)24)27-32-26-17(2)14-20(31-5)15-18(26)3/h1,7-12,14-15,19,27H,13,16H2,2-5H3,(H,29,30)/t19-/m0/s1. The van der Waals surface area contributed by atoms with Crippen molar-refractivity contribution in [2.24, 2.45) is 0 Å². The number of ether oxygens (including phenoxy) is 1. The molecule has 3 aromatic rings. The lowest BCUT2D eigenvalue weighted by atomic mass is 10.0. The average Bonchev–Trinajstić information content (AvgIpc) is 2.76. The van der Waals surface area contributed by atoms with E-state index in [1.165, 1.54) is 0 Å². The number of hydrogen-bond donors (Lipinski definition) is 2. The van der Waals surface area contributed by atoms with Gasteiger partial charge < -0.3 is 19.5 Å². The van der Waals surface area contributed by atoms with Crippen molar-refractivity contribution >= 4 is 40.1 Å². The van der Waals surface area contributed by atoms with Gasteiger partial charge in [-0.1, -0.05) is 30.2 Å². The average molecular weight is 449 g/mol. The highest BCUT2D eigenvalue weighted by molar-refractivity contribution is 8.00. The number of nitrogens with one attached hydrogen (secondary N) is 1. The number of hydrogen-bond acceptors (Lipinski definition) is 5. The summed E-state index contributed by atoms with van der Waals surface area (Å²) in [6.07, 6.45) is 5.62. The van der Waals surface area contributed by atoms with Gasteiger partial charge in [0.25, 0.3) is 0 Å². The monoisotopic (exact) mass is 448 g/mol. The van der Waals surface area contributed by atoms with Crippen LogP contribution in [0.4, 0.5) is 11.4 Å². The van der Waals surface area contributed by atoms with Crippen LogP contribution in [0.1, 0.15) is 24.5 Å². The zero-order chi connectivity index (χ0) is 23.3. The lowest BCUT2D eigenvalue weighted by Gasteiger charge is -2.30. The molecule has 0 unspecified atom stereocenters. The summed E-state index contributed by atoms with van der Waals surface area (Å²) in [4.78, 5) is 14.4. The van der Waals surface area contributed by atoms with Crippen LogP contribution in [0.5, 0.6) is 5.75 Å². The number of aliphatic carboxylic acids is 1. The van der Waals surface area contributed by atoms with Gasteiger partial charge in [-0.05, 0) is 68.1 Å². The van der Waals surface area contributed by atoms with E-state index in [2.05, 4.69) is 30.6 Å². The zero-order valence-electron chi connectivity index (χ0n) is 18.8. The van der Waals surface area contributed by atoms with Gasteiger partial charge in [-0.3, -0.25) is 4.79 Å². The van der Waals surface area contributed by atoms with Crippen LogP contribution in [0.2, 0.25) is 0 Å². The van der Waals surface area contributed by atoms with E-state index in [-0.39, 0.29) is 12.5 Å². The Morgan fingerprint density at radius 3 is 2.44 bits per heavy atom. The van der Waals surface area contributed by atoms with Crippen molar-refractivity contribution in [3.8, 4) is 18.1 Å². The lowest BCUT2D eigenvalue weighted by molar-refractivity contribution is -0.137. The largest absolute Gasteiger partial charge is 0.497 e. The number of carboxylic acid groups (broad SMARTS) is 1. The Morgan fingerprint density at radius 1 is 1.19 bits per heavy atom. The topological polar surface area (TPSA) is 61.8 Å². The van der Waals surface area contributed by atoms with E-state index >= 15 is 0 Å². The molecule has 0 aliphatic rings. The van der Waals surface area contributed by atoms with Crippen molar-refractivity contribution < 1.29 is 14.6 Å². The molecule has 0 aromatic heterocycles. The predicted molar refractivity (Wildman–Crippen MR) is 134 cm³/mol. The molecule has 3 aromatic carbocycles. The smallest absolute Gasteiger partial charge is 0.305 e. The molecule has 6 heteroatoms. The van der Waals surface area contributed by atoms with Crippen LogP contribution in [-0.4, -0.2) is 30.8 Å². The minimum Gasteiger partial charge on any atom is -0.497 e. The van der Waals surface area contributed by atoms with Gasteiger partial charge in [-0.25, -0.2) is 0 Å². The number of carbonyl (C=O) groups is 1. The van der Waals surface area contributed by atoms with E-state index in [0.717, 1.165) is 43.9 Å². The molecule has 0 amide bonds. The fourth-order valence-electron chi connectivity index (χ4n) is 3.86. The SMILES string of the molecule is C#CCN(c1ccc(NSc2c(C)cc(OC)cc2C)c2ccccc12)[C@@H](C)CC(=O)O. The second-order valence-electron chi connectivity index (χ2n) is 7.75. The third-order valence-corrected chi connectivity index (χ3v) is 6.58. The minimum absolute atomic E-state index is 0.0158. The van der Waals surface area contributed by atoms with Crippen LogP contribution >= 0.6 is 11.9 Å². The second-order valence-corrected chi connectivity index (χ2v) is 8.57. The summed E-state index contributed by atoms with van der Waals surface area (Å²) < 4.78 is 8.87. The summed E-state index contributed by atoms with van der Waals surface area (Å²) in [5.74, 6) is 2.68. The summed E-state index contributed by atoms with van der Waals surface area (Å²) in [5, 5.41) is 11.3. The molecule has 2 N–H and O–H groups in total. The van der Waals surface area contributed by atoms with E-state index < -0.39 is 5.97 Å². The first-order chi connectivity index (χ1) is 15.3. The van der Waals surface area contributed by atoms with Gasteiger partial charge in [0.15, 0.2) is 0 Å². The van der Waals surface area contributed by atoms with Gasteiger partial charge in [-0.15, -0.1) is 6.42 Å². The van der Waals surface area contributed by atoms with E-state index in [0.29, 0.717) is 6.54 Å². The molecule has 0 bridgehead atoms. The molecule has 0 saturated heterocycles. The van der Waals surface area contributed by atoms with Gasteiger partial charge in [-0.2, -0.15) is 0 Å². The van der Waals surface area contributed by atoms with Crippen molar-refractivity contribution in [2.45, 2.75) is 38.1 Å². The third-order valence-electron chi connectivity index (χ3n) is 5.41. The molecule has 5 nitrogen and oxygen atoms in total. The van der Waals surface area contributed by atoms with Gasteiger partial charge >= 0.3 is 5.97 Å². The normalized spacial score (nSPS) is 11.6. The minimum atomic E-state index is -0.844. The van der Waals surface area contributed by atoms with E-state index in [1.54, 1.807) is 19.1 Å². The molecule has 0 radical (unpaired) electrons. The molecule has 32 heavy (non-hydrogen) atoms. The Hall–Kier alpha value is -3.30. The fraction of sp³-hybridized carbons (Fsp3) is 0.269. The zero-order valence-corrected chi connectivity index (χ0v) is 19.6. The number of methoxy groups -OCH3 is 1. The first-order valence-corrected chi connectivity index (χ1v) is 11.2. The molecule has 3 rings (SSSR count). The first-order valence-electron chi connectivity index (χ1n) is 10.4. The summed E-state index contributed by atoms with van der Waals surface area (Å²) in [7, 11) is 1.67. The van der Waals surface area contributed by atoms with E-state index in [1.807, 2.05) is 54.3 Å². The molecule has 166 valence electrons. The summed E-state index contributed by atoms with van der Waals surface area (Å²) in [6, 6.07) is 15.9. The molecule has 0 aliphatic carbocycles. The van der Waals surface area contributed by atoms with Crippen molar-refractivity contribution in [2.75, 3.05) is 23.3 Å². The number of fused-ring (bicyclic) bond motifs is 1. The summed E-state index contributed by atoms with van der Waals surface area (Å²) in [6.45, 7) is 6.37. The Morgan fingerprint density at radius 2 is 1.84 bits per heavy atom. The van der Waals surface area contributed by atoms with Gasteiger partial charge in [0.05, 0.1) is 25.8 Å². The van der Waals surface area contributed by atoms with Crippen molar-refractivity contribution in [1.82, 2.24) is 0 Å². The maximum absolute atomic E-state index is 11.3. The van der Waals surface area contributed by atoms with Crippen molar-refractivity contribution in [3.05, 3.63) is 59.7 Å². The molecule has 0 spiro atoms. The van der Waals surface area contributed by atoms with Gasteiger partial charge in [0.2, 0.25) is 0 Å². The van der Waals surface area contributed by atoms with Gasteiger partial charge in [0, 0.05) is 27.4 Å². The molecule has 0 aliphatic heterocycles. The van der Waals surface area contributed by atoms with Crippen LogP contribution < -0.4 is 14.4 Å². The van der Waals surface area contributed by atoms with Crippen molar-refractivity contribution in [1.29, 1.82) is 0 Å². The van der Waals surface area contributed by atoms with Crippen LogP contribution in [0.3, 0.4) is 0 Å². The maximum atomic E-state index is 11.3. The Balaban J connectivity index is 1.96. The number of carboxylic acids is 1. The lowest BCUT2D eigenvalue weighted by Crippen LogP contribution is -2.35. The quantitative estimate of drug-likeness (QED) is 0.314. The highest BCUT2D eigenvalue weighted by Crippen LogP contribution is 2.37. The van der Waals surface area contributed by atoms with Crippen LogP contribution in [0, 0.1) is 26.2 Å². The molecule has 0 saturated carbocycles. The number of rotatable bonds is 9. The van der Waals surface area contributed by atoms with Crippen LogP contribution in [0.15, 0.2) is 53.4 Å². The maximum Gasteiger partial charge on any atom is 0.305 e. The fourth-order valence-corrected chi connectivity index (χ4v) is 4.69. The van der Waals surface area contributed by atoms with Gasteiger partial charge in [0.1, 0.15) is 5.75 Å². The first kappa shape index (κ1) is 23.4. The Labute approximate surface area is 193 Å². The molecular formula is C26H28N2O3S. The number of benzene rings is 3. The summed E-state index contributed by atoms with van der Waals surface area (Å²) >= 11 is 1.57. The van der Waals surface area contributed by atoms with E-state index in [4.69, 9.17) is 11.2 Å². The highest BCUT2D eigenvalue weighted by Gasteiger charge is 2.19. The molecular weight excluding hydrogens is 420 g/mol. The number of aryl methyl sites for hydroxylation is 2. The third kappa shape index (κ3) is 5.12. The van der Waals surface area contributed by atoms with E-state index in [9.17, 15) is 9.90 Å². The molecule has 1 atom stereocenters.